The first-order valence-corrected chi connectivity index (χ1v) is 2.87. The minimum atomic E-state index is -0.708. The number of alkyl halides is 1. The summed E-state index contributed by atoms with van der Waals surface area (Å²) in [5.74, 6) is 0. The first-order valence-electron chi connectivity index (χ1n) is 2.87. The fraction of sp³-hybridized carbons (Fsp3) is 1.00. The smallest absolute Gasteiger partial charge is 0.182 e. The van der Waals surface area contributed by atoms with Gasteiger partial charge in [-0.25, -0.2) is 4.39 Å². The van der Waals surface area contributed by atoms with E-state index in [2.05, 4.69) is 0 Å². The van der Waals surface area contributed by atoms with Crippen LogP contribution in [0.25, 0.3) is 0 Å². The molecule has 1 rings (SSSR count). The summed E-state index contributed by atoms with van der Waals surface area (Å²) in [7, 11) is 5.36. The lowest BCUT2D eigenvalue weighted by Crippen LogP contribution is -2.27. The molecule has 0 aromatic carbocycles. The molecule has 2 radical (unpaired) electrons. The van der Waals surface area contributed by atoms with Gasteiger partial charge >= 0.3 is 0 Å². The summed E-state index contributed by atoms with van der Waals surface area (Å²) in [5.41, 5.74) is 0. The first kappa shape index (κ1) is 6.08. The molecule has 1 heterocycles. The summed E-state index contributed by atoms with van der Waals surface area (Å²) in [6, 6.07) is -0.0741. The lowest BCUT2D eigenvalue weighted by molar-refractivity contribution is 0.279. The van der Waals surface area contributed by atoms with E-state index in [4.69, 9.17) is 7.98 Å². The maximum absolute atomic E-state index is 12.4. The van der Waals surface area contributed by atoms with Crippen LogP contribution in [0.3, 0.4) is 0 Å². The molecule has 0 aromatic rings. The van der Waals surface area contributed by atoms with E-state index in [1.54, 1.807) is 11.7 Å². The summed E-state index contributed by atoms with van der Waals surface area (Å²) < 4.78 is 12.4. The zero-order valence-corrected chi connectivity index (χ0v) is 4.97. The molecule has 3 heteroatoms. The third-order valence-electron chi connectivity index (χ3n) is 1.71. The van der Waals surface area contributed by atoms with E-state index >= 15 is 0 Å². The molecule has 1 fully saturated rings. The topological polar surface area (TPSA) is 3.24 Å². The van der Waals surface area contributed by atoms with Gasteiger partial charge in [0.1, 0.15) is 6.17 Å². The predicted molar refractivity (Wildman–Crippen MR) is 31.4 cm³/mol. The van der Waals surface area contributed by atoms with Gasteiger partial charge in [-0.3, -0.25) is 0 Å². The lowest BCUT2D eigenvalue weighted by atomic mass is 10.2. The highest BCUT2D eigenvalue weighted by Crippen LogP contribution is 2.17. The van der Waals surface area contributed by atoms with Crippen molar-refractivity contribution >= 4 is 7.98 Å². The van der Waals surface area contributed by atoms with Gasteiger partial charge in [0.15, 0.2) is 7.98 Å². The van der Waals surface area contributed by atoms with Crippen molar-refractivity contribution in [2.45, 2.75) is 25.6 Å². The Morgan fingerprint density at radius 2 is 2.38 bits per heavy atom. The van der Waals surface area contributed by atoms with Crippen molar-refractivity contribution in [1.82, 2.24) is 4.81 Å². The van der Waals surface area contributed by atoms with E-state index in [-0.39, 0.29) is 6.04 Å². The van der Waals surface area contributed by atoms with Crippen LogP contribution in [0, 0.1) is 0 Å². The van der Waals surface area contributed by atoms with Crippen molar-refractivity contribution in [2.75, 3.05) is 6.54 Å². The molecule has 0 bridgehead atoms. The van der Waals surface area contributed by atoms with Crippen LogP contribution < -0.4 is 0 Å². The van der Waals surface area contributed by atoms with E-state index in [9.17, 15) is 4.39 Å². The quantitative estimate of drug-likeness (QED) is 0.413. The highest BCUT2D eigenvalue weighted by Gasteiger charge is 2.26. The molecule has 0 amide bonds. The fourth-order valence-electron chi connectivity index (χ4n) is 0.925. The highest BCUT2D eigenvalue weighted by atomic mass is 19.1. The molecule has 1 nitrogen and oxygen atoms in total. The average molecular weight is 113 g/mol. The Labute approximate surface area is 50.3 Å². The predicted octanol–water partition coefficient (Wildman–Crippen LogP) is 0.502. The maximum atomic E-state index is 12.4. The van der Waals surface area contributed by atoms with Crippen LogP contribution in [-0.2, 0) is 0 Å². The molecule has 2 unspecified atom stereocenters. The van der Waals surface area contributed by atoms with Crippen LogP contribution in [-0.4, -0.2) is 31.6 Å². The molecular weight excluding hydrogens is 104 g/mol. The second-order valence-electron chi connectivity index (χ2n) is 2.28. The zero-order valence-electron chi connectivity index (χ0n) is 4.97. The van der Waals surface area contributed by atoms with Gasteiger partial charge in [0.05, 0.1) is 0 Å². The summed E-state index contributed by atoms with van der Waals surface area (Å²) in [6.45, 7) is 2.50. The Morgan fingerprint density at radius 3 is 2.50 bits per heavy atom. The zero-order chi connectivity index (χ0) is 6.15. The third kappa shape index (κ3) is 0.871. The number of rotatable bonds is 0. The SMILES string of the molecule is [B]N1CCC(F)C1C. The molecule has 0 aromatic heterocycles. The summed E-state index contributed by atoms with van der Waals surface area (Å²) >= 11 is 0. The Hall–Kier alpha value is -0.0451. The average Bonchev–Trinajstić information content (AvgIpc) is 1.98. The first-order chi connectivity index (χ1) is 3.72. The summed E-state index contributed by atoms with van der Waals surface area (Å²) in [6.07, 6.45) is -0.113. The largest absolute Gasteiger partial charge is 0.349 e. The van der Waals surface area contributed by atoms with Gasteiger partial charge in [0.2, 0.25) is 0 Å². The van der Waals surface area contributed by atoms with Crippen LogP contribution in [0.15, 0.2) is 0 Å². The van der Waals surface area contributed by atoms with Crippen LogP contribution in [0.1, 0.15) is 13.3 Å². The van der Waals surface area contributed by atoms with Gasteiger partial charge in [0, 0.05) is 6.04 Å². The normalized spacial score (nSPS) is 40.8. The minimum Gasteiger partial charge on any atom is -0.349 e. The van der Waals surface area contributed by atoms with Gasteiger partial charge in [-0.1, -0.05) is 0 Å². The van der Waals surface area contributed by atoms with Crippen LogP contribution in [0.5, 0.6) is 0 Å². The minimum absolute atomic E-state index is 0.0741. The monoisotopic (exact) mass is 113 g/mol. The molecule has 0 N–H and O–H groups in total. The summed E-state index contributed by atoms with van der Waals surface area (Å²) in [5, 5.41) is 0. The Morgan fingerprint density at radius 1 is 1.75 bits per heavy atom. The molecule has 1 aliphatic rings. The van der Waals surface area contributed by atoms with Crippen molar-refractivity contribution in [3.63, 3.8) is 0 Å². The molecule has 2 atom stereocenters. The molecule has 8 heavy (non-hydrogen) atoms. The van der Waals surface area contributed by atoms with Crippen LogP contribution >= 0.6 is 0 Å². The molecule has 1 aliphatic heterocycles. The van der Waals surface area contributed by atoms with Crippen LogP contribution in [0.4, 0.5) is 4.39 Å². The number of hydrogen-bond acceptors (Lipinski definition) is 1. The Bertz CT molecular complexity index is 78.5. The van der Waals surface area contributed by atoms with Crippen molar-refractivity contribution in [2.24, 2.45) is 0 Å². The second kappa shape index (κ2) is 2.06. The maximum Gasteiger partial charge on any atom is 0.182 e. The lowest BCUT2D eigenvalue weighted by Gasteiger charge is -2.14. The molecule has 0 aliphatic carbocycles. The third-order valence-corrected chi connectivity index (χ3v) is 1.71. The van der Waals surface area contributed by atoms with Crippen molar-refractivity contribution < 1.29 is 4.39 Å². The molecule has 0 spiro atoms. The van der Waals surface area contributed by atoms with E-state index in [0.29, 0.717) is 13.0 Å². The number of nitrogens with zero attached hydrogens (tertiary/aromatic N) is 1. The molecular formula is C5H9BFN. The van der Waals surface area contributed by atoms with Gasteiger partial charge in [-0.2, -0.15) is 0 Å². The molecule has 1 saturated heterocycles. The summed E-state index contributed by atoms with van der Waals surface area (Å²) in [4.78, 5) is 1.55. The number of hydrogen-bond donors (Lipinski definition) is 0. The van der Waals surface area contributed by atoms with E-state index in [1.165, 1.54) is 0 Å². The van der Waals surface area contributed by atoms with Gasteiger partial charge in [0.25, 0.3) is 0 Å². The van der Waals surface area contributed by atoms with Crippen LogP contribution in [0.2, 0.25) is 0 Å². The standard InChI is InChI=1S/C5H9BFN/c1-4-5(7)2-3-8(4)6/h4-5H,2-3H2,1H3. The second-order valence-corrected chi connectivity index (χ2v) is 2.28. The Kier molecular flexibility index (Phi) is 1.56. The van der Waals surface area contributed by atoms with Gasteiger partial charge < -0.3 is 4.81 Å². The van der Waals surface area contributed by atoms with Gasteiger partial charge in [-0.05, 0) is 19.9 Å². The van der Waals surface area contributed by atoms with Gasteiger partial charge in [-0.15, -0.1) is 0 Å². The highest BCUT2D eigenvalue weighted by molar-refractivity contribution is 6.04. The van der Waals surface area contributed by atoms with Crippen molar-refractivity contribution in [3.05, 3.63) is 0 Å². The molecule has 44 valence electrons. The fourth-order valence-corrected chi connectivity index (χ4v) is 0.925. The van der Waals surface area contributed by atoms with Crippen molar-refractivity contribution in [3.8, 4) is 0 Å². The van der Waals surface area contributed by atoms with E-state index < -0.39 is 6.17 Å². The molecule has 0 saturated carbocycles. The Balaban J connectivity index is 2.44. The van der Waals surface area contributed by atoms with Crippen molar-refractivity contribution in [1.29, 1.82) is 0 Å². The van der Waals surface area contributed by atoms with E-state index in [1.807, 2.05) is 0 Å². The number of halogens is 1. The van der Waals surface area contributed by atoms with E-state index in [0.717, 1.165) is 0 Å².